The van der Waals surface area contributed by atoms with Crippen LogP contribution in [0.25, 0.3) is 0 Å². The first kappa shape index (κ1) is 28.2. The van der Waals surface area contributed by atoms with E-state index in [1.165, 1.54) is 24.2 Å². The standard InChI is InChI=1S/C31H42N2O8/c1-18(34)40-24-15-31(38)23-6-5-20-14-21(41-28(37)33-13-12-32-25(35)16-33)8-10-29(20,2)22(23)9-11-30(31,3)27(24)19-4-7-26(36)39-17-19/h4,7,17,20-24,27,38H,5-6,8-16H2,1-3H3,(H,32,35). The largest absolute Gasteiger partial charge is 0.462 e. The number of nitrogens with zero attached hydrogens (tertiary/aromatic N) is 1. The summed E-state index contributed by atoms with van der Waals surface area (Å²) in [6.07, 6.45) is 6.70. The van der Waals surface area contributed by atoms with E-state index in [4.69, 9.17) is 13.9 Å². The summed E-state index contributed by atoms with van der Waals surface area (Å²) >= 11 is 0. The lowest BCUT2D eigenvalue weighted by molar-refractivity contribution is -0.205. The molecule has 0 bridgehead atoms. The molecule has 2 heterocycles. The smallest absolute Gasteiger partial charge is 0.410 e. The summed E-state index contributed by atoms with van der Waals surface area (Å²) in [6.45, 7) is 6.82. The minimum Gasteiger partial charge on any atom is -0.462 e. The van der Waals surface area contributed by atoms with Crippen LogP contribution in [0, 0.1) is 28.6 Å². The predicted molar refractivity (Wildman–Crippen MR) is 147 cm³/mol. The molecule has 41 heavy (non-hydrogen) atoms. The molecule has 1 aliphatic heterocycles. The number of ether oxygens (including phenoxy) is 2. The van der Waals surface area contributed by atoms with Crippen LogP contribution in [0.3, 0.4) is 0 Å². The second-order valence-electron chi connectivity index (χ2n) is 13.6. The Labute approximate surface area is 240 Å². The van der Waals surface area contributed by atoms with Gasteiger partial charge in [-0.1, -0.05) is 13.8 Å². The Hall–Kier alpha value is -2.88. The number of amides is 2. The molecule has 4 saturated carbocycles. The quantitative estimate of drug-likeness (QED) is 0.528. The van der Waals surface area contributed by atoms with Crippen LogP contribution in [0.15, 0.2) is 27.6 Å². The van der Waals surface area contributed by atoms with Crippen LogP contribution in [0.1, 0.15) is 83.6 Å². The maximum Gasteiger partial charge on any atom is 0.410 e. The van der Waals surface area contributed by atoms with Crippen molar-refractivity contribution in [3.05, 3.63) is 34.4 Å². The summed E-state index contributed by atoms with van der Waals surface area (Å²) in [4.78, 5) is 49.9. The van der Waals surface area contributed by atoms with Gasteiger partial charge < -0.3 is 24.3 Å². The van der Waals surface area contributed by atoms with Crippen LogP contribution in [0.5, 0.6) is 0 Å². The molecule has 10 nitrogen and oxygen atoms in total. The maximum atomic E-state index is 12.8. The zero-order valence-corrected chi connectivity index (χ0v) is 24.2. The van der Waals surface area contributed by atoms with E-state index in [0.29, 0.717) is 31.3 Å². The summed E-state index contributed by atoms with van der Waals surface area (Å²) in [6, 6.07) is 3.14. The van der Waals surface area contributed by atoms with Crippen LogP contribution in [0.4, 0.5) is 4.79 Å². The number of aliphatic hydroxyl groups is 1. The Morgan fingerprint density at radius 1 is 1.07 bits per heavy atom. The third kappa shape index (κ3) is 4.57. The monoisotopic (exact) mass is 570 g/mol. The fourth-order valence-electron chi connectivity index (χ4n) is 9.77. The molecule has 4 aliphatic carbocycles. The van der Waals surface area contributed by atoms with Crippen molar-refractivity contribution in [3.8, 4) is 0 Å². The highest BCUT2D eigenvalue weighted by Crippen LogP contribution is 2.71. The molecule has 0 aromatic carbocycles. The fraction of sp³-hybridized carbons (Fsp3) is 0.742. The van der Waals surface area contributed by atoms with Crippen LogP contribution >= 0.6 is 0 Å². The van der Waals surface area contributed by atoms with Crippen LogP contribution in [0.2, 0.25) is 0 Å². The second-order valence-corrected chi connectivity index (χ2v) is 13.6. The summed E-state index contributed by atoms with van der Waals surface area (Å²) in [5, 5.41) is 15.4. The summed E-state index contributed by atoms with van der Waals surface area (Å²) in [7, 11) is 0. The van der Waals surface area contributed by atoms with Crippen molar-refractivity contribution in [1.82, 2.24) is 10.2 Å². The average Bonchev–Trinajstić information content (AvgIpc) is 3.15. The SMILES string of the molecule is CC(=O)OC1CC2(O)C3CCC4CC(OC(=O)N5CCNC(=O)C5)CCC4(C)C3CCC2(C)C1c1ccc(=O)oc1. The zero-order valence-electron chi connectivity index (χ0n) is 24.2. The molecule has 1 saturated heterocycles. The Morgan fingerprint density at radius 2 is 1.88 bits per heavy atom. The molecule has 1 aromatic heterocycles. The summed E-state index contributed by atoms with van der Waals surface area (Å²) < 4.78 is 17.0. The maximum absolute atomic E-state index is 12.8. The van der Waals surface area contributed by atoms with Crippen LogP contribution in [-0.2, 0) is 19.1 Å². The molecule has 10 heteroatoms. The Bertz CT molecular complexity index is 1260. The molecule has 9 unspecified atom stereocenters. The molecule has 224 valence electrons. The highest BCUT2D eigenvalue weighted by atomic mass is 16.6. The van der Waals surface area contributed by atoms with Crippen molar-refractivity contribution in [2.24, 2.45) is 28.6 Å². The molecule has 1 aromatic rings. The van der Waals surface area contributed by atoms with E-state index in [2.05, 4.69) is 19.2 Å². The number of esters is 1. The van der Waals surface area contributed by atoms with Gasteiger partial charge in [0.05, 0.1) is 11.9 Å². The molecule has 0 radical (unpaired) electrons. The zero-order chi connectivity index (χ0) is 29.2. The van der Waals surface area contributed by atoms with Crippen LogP contribution in [-0.4, -0.2) is 65.4 Å². The third-order valence-electron chi connectivity index (χ3n) is 11.8. The third-order valence-corrected chi connectivity index (χ3v) is 11.8. The molecule has 6 rings (SSSR count). The minimum absolute atomic E-state index is 0.00243. The number of hydrogen-bond acceptors (Lipinski definition) is 8. The first-order valence-electron chi connectivity index (χ1n) is 15.2. The lowest BCUT2D eigenvalue weighted by Gasteiger charge is -2.63. The van der Waals surface area contributed by atoms with Gasteiger partial charge in [-0.15, -0.1) is 0 Å². The molecular weight excluding hydrogens is 528 g/mol. The predicted octanol–water partition coefficient (Wildman–Crippen LogP) is 3.36. The van der Waals surface area contributed by atoms with Gasteiger partial charge in [0.25, 0.3) is 0 Å². The van der Waals surface area contributed by atoms with Crippen molar-refractivity contribution in [1.29, 1.82) is 0 Å². The summed E-state index contributed by atoms with van der Waals surface area (Å²) in [5.74, 6) is -0.100. The molecule has 5 fully saturated rings. The van der Waals surface area contributed by atoms with Gasteiger partial charge in [0.2, 0.25) is 5.91 Å². The Balaban J connectivity index is 1.22. The van der Waals surface area contributed by atoms with E-state index in [1.807, 2.05) is 0 Å². The molecule has 2 N–H and O–H groups in total. The Kier molecular flexibility index (Phi) is 6.98. The fourth-order valence-corrected chi connectivity index (χ4v) is 9.77. The number of piperazine rings is 1. The van der Waals surface area contributed by atoms with Gasteiger partial charge in [0, 0.05) is 43.8 Å². The van der Waals surface area contributed by atoms with Crippen molar-refractivity contribution < 1.29 is 33.4 Å². The average molecular weight is 571 g/mol. The number of carbonyl (C=O) groups excluding carboxylic acids is 3. The van der Waals surface area contributed by atoms with Crippen LogP contribution < -0.4 is 10.9 Å². The number of rotatable bonds is 3. The number of fused-ring (bicyclic) bond motifs is 5. The lowest BCUT2D eigenvalue weighted by atomic mass is 9.43. The Morgan fingerprint density at radius 3 is 2.59 bits per heavy atom. The van der Waals surface area contributed by atoms with Gasteiger partial charge in [-0.05, 0) is 79.7 Å². The van der Waals surface area contributed by atoms with E-state index >= 15 is 0 Å². The van der Waals surface area contributed by atoms with E-state index in [1.54, 1.807) is 6.07 Å². The molecule has 2 amide bonds. The van der Waals surface area contributed by atoms with E-state index in [0.717, 1.165) is 50.5 Å². The highest BCUT2D eigenvalue weighted by molar-refractivity contribution is 5.83. The molecule has 5 aliphatic rings. The second kappa shape index (κ2) is 10.1. The summed E-state index contributed by atoms with van der Waals surface area (Å²) in [5.41, 5.74) is -1.24. The number of carbonyl (C=O) groups is 3. The van der Waals surface area contributed by atoms with Crippen molar-refractivity contribution in [2.45, 2.75) is 95.9 Å². The van der Waals surface area contributed by atoms with Crippen molar-refractivity contribution in [2.75, 3.05) is 19.6 Å². The highest BCUT2D eigenvalue weighted by Gasteiger charge is 2.70. The van der Waals surface area contributed by atoms with Crippen molar-refractivity contribution >= 4 is 18.0 Å². The molecule has 9 atom stereocenters. The minimum atomic E-state index is -1.04. The van der Waals surface area contributed by atoms with Gasteiger partial charge in [-0.3, -0.25) is 14.5 Å². The van der Waals surface area contributed by atoms with Gasteiger partial charge in [-0.2, -0.15) is 0 Å². The van der Waals surface area contributed by atoms with E-state index < -0.39 is 28.8 Å². The van der Waals surface area contributed by atoms with Gasteiger partial charge in [-0.25, -0.2) is 9.59 Å². The van der Waals surface area contributed by atoms with E-state index in [9.17, 15) is 24.3 Å². The topological polar surface area (TPSA) is 135 Å². The van der Waals surface area contributed by atoms with E-state index in [-0.39, 0.29) is 41.8 Å². The van der Waals surface area contributed by atoms with Gasteiger partial charge >= 0.3 is 17.7 Å². The first-order chi connectivity index (χ1) is 19.4. The number of hydrogen-bond donors (Lipinski definition) is 2. The van der Waals surface area contributed by atoms with Crippen molar-refractivity contribution in [3.63, 3.8) is 0 Å². The number of nitrogens with one attached hydrogen (secondary N) is 1. The van der Waals surface area contributed by atoms with Gasteiger partial charge in [0.1, 0.15) is 18.8 Å². The normalized spacial score (nSPS) is 41.9. The molecule has 0 spiro atoms. The first-order valence-corrected chi connectivity index (χ1v) is 15.2. The lowest BCUT2D eigenvalue weighted by Crippen LogP contribution is -2.62. The molecular formula is C31H42N2O8. The van der Waals surface area contributed by atoms with Gasteiger partial charge in [0.15, 0.2) is 0 Å².